The molecule has 0 bridgehead atoms. The lowest BCUT2D eigenvalue weighted by Crippen LogP contribution is -2.28. The van der Waals surface area contributed by atoms with E-state index in [2.05, 4.69) is 115 Å². The zero-order valence-electron chi connectivity index (χ0n) is 25.2. The first-order valence-electron chi connectivity index (χ1n) is 15.3. The minimum atomic E-state index is -0.498. The van der Waals surface area contributed by atoms with Gasteiger partial charge in [0, 0.05) is 11.1 Å². The summed E-state index contributed by atoms with van der Waals surface area (Å²) in [7, 11) is 0. The van der Waals surface area contributed by atoms with Crippen LogP contribution in [-0.4, -0.2) is 15.0 Å². The van der Waals surface area contributed by atoms with Gasteiger partial charge in [0.15, 0.2) is 11.6 Å². The predicted octanol–water partition coefficient (Wildman–Crippen LogP) is 9.42. The van der Waals surface area contributed by atoms with Gasteiger partial charge in [-0.25, -0.2) is 15.0 Å². The van der Waals surface area contributed by atoms with Gasteiger partial charge >= 0.3 is 0 Å². The van der Waals surface area contributed by atoms with Crippen LogP contribution in [0.3, 0.4) is 0 Å². The Morgan fingerprint density at radius 1 is 0.478 bits per heavy atom. The summed E-state index contributed by atoms with van der Waals surface area (Å²) in [5.74, 6) is 1.90. The molecule has 0 saturated carbocycles. The largest absolute Gasteiger partial charge is 0.213 e. The van der Waals surface area contributed by atoms with Gasteiger partial charge in [-0.3, -0.25) is 0 Å². The molecule has 0 amide bonds. The number of nitrogens with zero attached hydrogens (tertiary/aromatic N) is 4. The van der Waals surface area contributed by atoms with Crippen molar-refractivity contribution < 1.29 is 0 Å². The van der Waals surface area contributed by atoms with Crippen LogP contribution in [0.5, 0.6) is 0 Å². The molecule has 0 fully saturated rings. The first kappa shape index (κ1) is 27.4. The van der Waals surface area contributed by atoms with E-state index in [1.807, 2.05) is 49.4 Å². The maximum atomic E-state index is 9.41. The highest BCUT2D eigenvalue weighted by atomic mass is 15.0. The van der Waals surface area contributed by atoms with Gasteiger partial charge in [0.2, 0.25) is 0 Å². The van der Waals surface area contributed by atoms with Crippen LogP contribution in [0.15, 0.2) is 152 Å². The Bertz CT molecular complexity index is 2240. The number of nitriles is 1. The van der Waals surface area contributed by atoms with E-state index in [4.69, 9.17) is 15.0 Å². The normalized spacial score (nSPS) is 12.6. The molecule has 216 valence electrons. The molecule has 4 nitrogen and oxygen atoms in total. The SMILES string of the molecule is Cc1nc(-c2cccc(-c3cccc(C#N)c3)c2)nc(-c2ccc3c(c2)C(c2ccccc2)(c2ccccc2)c2ccccc2-3)n1. The number of fused-ring (bicyclic) bond motifs is 3. The summed E-state index contributed by atoms with van der Waals surface area (Å²) in [4.78, 5) is 14.6. The Hall–Kier alpha value is -6.18. The number of hydrogen-bond donors (Lipinski definition) is 0. The molecule has 0 atom stereocenters. The fraction of sp³-hybridized carbons (Fsp3) is 0.0476. The van der Waals surface area contributed by atoms with E-state index in [0.717, 1.165) is 22.3 Å². The third kappa shape index (κ3) is 4.41. The molecule has 0 saturated heterocycles. The Balaban J connectivity index is 1.30. The van der Waals surface area contributed by atoms with Crippen LogP contribution in [0, 0.1) is 18.3 Å². The fourth-order valence-corrected chi connectivity index (χ4v) is 6.93. The molecule has 8 rings (SSSR count). The third-order valence-corrected chi connectivity index (χ3v) is 8.91. The lowest BCUT2D eigenvalue weighted by atomic mass is 9.67. The van der Waals surface area contributed by atoms with E-state index in [-0.39, 0.29) is 0 Å². The quantitative estimate of drug-likeness (QED) is 0.201. The molecular formula is C42H28N4. The van der Waals surface area contributed by atoms with Crippen molar-refractivity contribution in [3.63, 3.8) is 0 Å². The maximum absolute atomic E-state index is 9.41. The highest BCUT2D eigenvalue weighted by molar-refractivity contribution is 5.88. The molecule has 0 N–H and O–H groups in total. The molecule has 0 unspecified atom stereocenters. The van der Waals surface area contributed by atoms with E-state index in [0.29, 0.717) is 23.0 Å². The van der Waals surface area contributed by atoms with Crippen molar-refractivity contribution in [2.45, 2.75) is 12.3 Å². The number of aromatic nitrogens is 3. The maximum Gasteiger partial charge on any atom is 0.163 e. The summed E-state index contributed by atoms with van der Waals surface area (Å²) >= 11 is 0. The van der Waals surface area contributed by atoms with Crippen molar-refractivity contribution >= 4 is 0 Å². The summed E-state index contributed by atoms with van der Waals surface area (Å²) in [6.45, 7) is 1.91. The monoisotopic (exact) mass is 588 g/mol. The Morgan fingerprint density at radius 2 is 1.04 bits per heavy atom. The van der Waals surface area contributed by atoms with E-state index in [1.165, 1.54) is 33.4 Å². The van der Waals surface area contributed by atoms with Crippen LogP contribution >= 0.6 is 0 Å². The zero-order chi connectivity index (χ0) is 31.1. The summed E-state index contributed by atoms with van der Waals surface area (Å²) in [5.41, 5.74) is 11.3. The van der Waals surface area contributed by atoms with Crippen molar-refractivity contribution in [3.8, 4) is 51.1 Å². The predicted molar refractivity (Wildman–Crippen MR) is 183 cm³/mol. The standard InChI is InChI=1S/C42H28N4/c1-28-44-40(32-15-11-14-31(25-32)30-13-10-12-29(24-30)27-43)46-41(45-28)33-22-23-37-36-20-8-9-21-38(36)42(39(37)26-33,34-16-4-2-5-17-34)35-18-6-3-7-19-35/h2-26H,1H3. The lowest BCUT2D eigenvalue weighted by Gasteiger charge is -2.34. The molecule has 1 aliphatic rings. The minimum Gasteiger partial charge on any atom is -0.213 e. The molecule has 1 aliphatic carbocycles. The first-order valence-corrected chi connectivity index (χ1v) is 15.3. The topological polar surface area (TPSA) is 62.5 Å². The molecule has 0 spiro atoms. The molecule has 4 heteroatoms. The highest BCUT2D eigenvalue weighted by Crippen LogP contribution is 2.56. The molecule has 1 heterocycles. The van der Waals surface area contributed by atoms with Gasteiger partial charge in [-0.15, -0.1) is 0 Å². The van der Waals surface area contributed by atoms with Crippen LogP contribution in [0.2, 0.25) is 0 Å². The van der Waals surface area contributed by atoms with E-state index in [1.54, 1.807) is 0 Å². The highest BCUT2D eigenvalue weighted by Gasteiger charge is 2.46. The van der Waals surface area contributed by atoms with Gasteiger partial charge in [0.05, 0.1) is 17.0 Å². The van der Waals surface area contributed by atoms with Gasteiger partial charge in [0.25, 0.3) is 0 Å². The second-order valence-corrected chi connectivity index (χ2v) is 11.6. The van der Waals surface area contributed by atoms with E-state index in [9.17, 15) is 5.26 Å². The molecule has 46 heavy (non-hydrogen) atoms. The second-order valence-electron chi connectivity index (χ2n) is 11.6. The fourth-order valence-electron chi connectivity index (χ4n) is 6.93. The number of aryl methyl sites for hydroxylation is 1. The van der Waals surface area contributed by atoms with Crippen LogP contribution in [0.25, 0.3) is 45.0 Å². The third-order valence-electron chi connectivity index (χ3n) is 8.91. The molecule has 1 aromatic heterocycles. The van der Waals surface area contributed by atoms with Crippen LogP contribution in [0.1, 0.15) is 33.6 Å². The number of rotatable bonds is 5. The molecular weight excluding hydrogens is 560 g/mol. The average molecular weight is 589 g/mol. The van der Waals surface area contributed by atoms with Crippen molar-refractivity contribution in [1.82, 2.24) is 15.0 Å². The van der Waals surface area contributed by atoms with Crippen molar-refractivity contribution in [2.75, 3.05) is 0 Å². The Morgan fingerprint density at radius 3 is 1.74 bits per heavy atom. The van der Waals surface area contributed by atoms with Gasteiger partial charge < -0.3 is 0 Å². The summed E-state index contributed by atoms with van der Waals surface area (Å²) in [5, 5.41) is 9.41. The second kappa shape index (κ2) is 11.1. The smallest absolute Gasteiger partial charge is 0.163 e. The van der Waals surface area contributed by atoms with Crippen molar-refractivity contribution in [2.24, 2.45) is 0 Å². The van der Waals surface area contributed by atoms with Crippen molar-refractivity contribution in [1.29, 1.82) is 5.26 Å². The summed E-state index contributed by atoms with van der Waals surface area (Å²) in [6.07, 6.45) is 0. The van der Waals surface area contributed by atoms with Gasteiger partial charge in [-0.1, -0.05) is 127 Å². The summed E-state index contributed by atoms with van der Waals surface area (Å²) in [6, 6.07) is 54.9. The molecule has 6 aromatic carbocycles. The van der Waals surface area contributed by atoms with Gasteiger partial charge in [0.1, 0.15) is 5.82 Å². The van der Waals surface area contributed by atoms with Gasteiger partial charge in [-0.2, -0.15) is 5.26 Å². The average Bonchev–Trinajstić information content (AvgIpc) is 3.42. The van der Waals surface area contributed by atoms with Crippen LogP contribution in [-0.2, 0) is 5.41 Å². The lowest BCUT2D eigenvalue weighted by molar-refractivity contribution is 0.768. The van der Waals surface area contributed by atoms with E-state index < -0.39 is 5.41 Å². The van der Waals surface area contributed by atoms with Gasteiger partial charge in [-0.05, 0) is 75.7 Å². The zero-order valence-corrected chi connectivity index (χ0v) is 25.2. The van der Waals surface area contributed by atoms with E-state index >= 15 is 0 Å². The number of benzene rings is 6. The minimum absolute atomic E-state index is 0.498. The summed E-state index contributed by atoms with van der Waals surface area (Å²) < 4.78 is 0. The first-order chi connectivity index (χ1) is 22.6. The Kier molecular flexibility index (Phi) is 6.59. The molecule has 0 radical (unpaired) electrons. The Labute approximate surface area is 268 Å². The van der Waals surface area contributed by atoms with Crippen LogP contribution < -0.4 is 0 Å². The molecule has 7 aromatic rings. The molecule has 0 aliphatic heterocycles. The number of hydrogen-bond acceptors (Lipinski definition) is 4. The van der Waals surface area contributed by atoms with Crippen molar-refractivity contribution in [3.05, 3.63) is 185 Å². The van der Waals surface area contributed by atoms with Crippen LogP contribution in [0.4, 0.5) is 0 Å².